The lowest BCUT2D eigenvalue weighted by molar-refractivity contribution is 0.200. The molecule has 1 unspecified atom stereocenters. The van der Waals surface area contributed by atoms with Crippen molar-refractivity contribution in [2.45, 2.75) is 12.5 Å². The lowest BCUT2D eigenvalue weighted by Crippen LogP contribution is -2.31. The van der Waals surface area contributed by atoms with Crippen molar-refractivity contribution < 1.29 is 13.6 Å². The van der Waals surface area contributed by atoms with Crippen LogP contribution in [0.1, 0.15) is 23.6 Å². The molecule has 1 aliphatic heterocycles. The Morgan fingerprint density at radius 1 is 0.931 bits per heavy atom. The Labute approximate surface area is 171 Å². The molecule has 3 aromatic rings. The van der Waals surface area contributed by atoms with Gasteiger partial charge in [0, 0.05) is 17.1 Å². The largest absolute Gasteiger partial charge is 0.342 e. The van der Waals surface area contributed by atoms with Crippen LogP contribution in [0.5, 0.6) is 0 Å². The summed E-state index contributed by atoms with van der Waals surface area (Å²) in [5.74, 6) is -0.705. The van der Waals surface area contributed by atoms with E-state index in [2.05, 4.69) is 10.4 Å². The van der Waals surface area contributed by atoms with Crippen LogP contribution in [0.15, 0.2) is 77.9 Å². The molecule has 0 aliphatic carbocycles. The zero-order chi connectivity index (χ0) is 20.4. The highest BCUT2D eigenvalue weighted by molar-refractivity contribution is 6.30. The van der Waals surface area contributed by atoms with Crippen LogP contribution in [0.2, 0.25) is 5.02 Å². The van der Waals surface area contributed by atoms with Crippen LogP contribution in [0.25, 0.3) is 0 Å². The Kier molecular flexibility index (Phi) is 5.27. The highest BCUT2D eigenvalue weighted by atomic mass is 35.5. The van der Waals surface area contributed by atoms with E-state index in [1.807, 2.05) is 0 Å². The topological polar surface area (TPSA) is 44.7 Å². The molecule has 4 nitrogen and oxygen atoms in total. The highest BCUT2D eigenvalue weighted by Crippen LogP contribution is 2.33. The Balaban J connectivity index is 1.64. The van der Waals surface area contributed by atoms with Gasteiger partial charge >= 0.3 is 6.03 Å². The minimum absolute atomic E-state index is 0.347. The highest BCUT2D eigenvalue weighted by Gasteiger charge is 2.33. The van der Waals surface area contributed by atoms with Gasteiger partial charge in [0.1, 0.15) is 11.6 Å². The number of nitrogens with one attached hydrogen (secondary N) is 1. The first-order chi connectivity index (χ1) is 14.0. The molecule has 0 radical (unpaired) electrons. The van der Waals surface area contributed by atoms with Crippen LogP contribution in [-0.4, -0.2) is 16.8 Å². The van der Waals surface area contributed by atoms with Crippen molar-refractivity contribution >= 4 is 29.0 Å². The average molecular weight is 412 g/mol. The fraction of sp³-hybridized carbons (Fsp3) is 0.0909. The minimum atomic E-state index is -0.432. The summed E-state index contributed by atoms with van der Waals surface area (Å²) >= 11 is 5.89. The molecule has 0 saturated carbocycles. The van der Waals surface area contributed by atoms with Gasteiger partial charge in [0.2, 0.25) is 0 Å². The Bertz CT molecular complexity index is 1050. The van der Waals surface area contributed by atoms with Gasteiger partial charge in [-0.1, -0.05) is 35.9 Å². The molecule has 3 aromatic carbocycles. The van der Waals surface area contributed by atoms with E-state index in [0.717, 1.165) is 11.1 Å². The van der Waals surface area contributed by atoms with Crippen molar-refractivity contribution in [3.8, 4) is 0 Å². The van der Waals surface area contributed by atoms with Crippen LogP contribution in [-0.2, 0) is 0 Å². The number of amides is 2. The van der Waals surface area contributed by atoms with Crippen LogP contribution >= 0.6 is 11.6 Å². The van der Waals surface area contributed by atoms with Crippen LogP contribution < -0.4 is 5.32 Å². The molecule has 7 heteroatoms. The van der Waals surface area contributed by atoms with Gasteiger partial charge in [-0.15, -0.1) is 0 Å². The fourth-order valence-corrected chi connectivity index (χ4v) is 3.30. The molecule has 4 rings (SSSR count). The van der Waals surface area contributed by atoms with E-state index in [9.17, 15) is 13.6 Å². The van der Waals surface area contributed by atoms with E-state index in [0.29, 0.717) is 22.8 Å². The monoisotopic (exact) mass is 411 g/mol. The predicted molar refractivity (Wildman–Crippen MR) is 109 cm³/mol. The van der Waals surface area contributed by atoms with Gasteiger partial charge in [0.05, 0.1) is 11.8 Å². The number of benzene rings is 3. The maximum atomic E-state index is 13.4. The van der Waals surface area contributed by atoms with Gasteiger partial charge in [-0.05, 0) is 59.7 Å². The van der Waals surface area contributed by atoms with Gasteiger partial charge in [0.15, 0.2) is 0 Å². The van der Waals surface area contributed by atoms with E-state index >= 15 is 0 Å². The van der Waals surface area contributed by atoms with E-state index < -0.39 is 12.1 Å². The molecule has 0 saturated heterocycles. The number of nitrogens with zero attached hydrogens (tertiary/aromatic N) is 2. The molecular formula is C22H16ClF2N3O. The first kappa shape index (κ1) is 19.1. The molecule has 1 atom stereocenters. The quantitative estimate of drug-likeness (QED) is 0.564. The number of halogens is 3. The van der Waals surface area contributed by atoms with Gasteiger partial charge < -0.3 is 5.32 Å². The molecule has 0 spiro atoms. The van der Waals surface area contributed by atoms with Gasteiger partial charge in [0.25, 0.3) is 0 Å². The number of hydrogen-bond acceptors (Lipinski definition) is 2. The third kappa shape index (κ3) is 4.27. The molecule has 0 fully saturated rings. The van der Waals surface area contributed by atoms with Crippen molar-refractivity contribution in [1.82, 2.24) is 5.01 Å². The summed E-state index contributed by atoms with van der Waals surface area (Å²) < 4.78 is 26.6. The summed E-state index contributed by atoms with van der Waals surface area (Å²) in [6.07, 6.45) is 0.422. The summed E-state index contributed by atoms with van der Waals surface area (Å²) in [6, 6.07) is 17.8. The number of hydrazone groups is 1. The van der Waals surface area contributed by atoms with Crippen molar-refractivity contribution in [1.29, 1.82) is 0 Å². The first-order valence-corrected chi connectivity index (χ1v) is 9.32. The number of rotatable bonds is 3. The second kappa shape index (κ2) is 8.01. The SMILES string of the molecule is O=C(Nc1ccc(Cl)cc1)N1N=C(c2ccc(F)cc2)CC1c1ccc(F)cc1. The molecule has 0 bridgehead atoms. The Morgan fingerprint density at radius 2 is 1.52 bits per heavy atom. The Morgan fingerprint density at radius 3 is 2.14 bits per heavy atom. The van der Waals surface area contributed by atoms with E-state index in [-0.39, 0.29) is 11.6 Å². The van der Waals surface area contributed by atoms with Crippen LogP contribution in [0.3, 0.4) is 0 Å². The molecule has 1 N–H and O–H groups in total. The van der Waals surface area contributed by atoms with E-state index in [4.69, 9.17) is 11.6 Å². The number of carbonyl (C=O) groups is 1. The average Bonchev–Trinajstić information content (AvgIpc) is 3.16. The normalized spacial score (nSPS) is 15.9. The lowest BCUT2D eigenvalue weighted by Gasteiger charge is -2.22. The molecule has 1 heterocycles. The number of urea groups is 1. The maximum Gasteiger partial charge on any atom is 0.342 e. The van der Waals surface area contributed by atoms with E-state index in [1.165, 1.54) is 29.3 Å². The smallest absolute Gasteiger partial charge is 0.306 e. The number of carbonyl (C=O) groups excluding carboxylic acids is 1. The predicted octanol–water partition coefficient (Wildman–Crippen LogP) is 6.00. The minimum Gasteiger partial charge on any atom is -0.306 e. The number of hydrogen-bond donors (Lipinski definition) is 1. The van der Waals surface area contributed by atoms with Crippen molar-refractivity contribution in [3.05, 3.63) is 101 Å². The van der Waals surface area contributed by atoms with Gasteiger partial charge in [-0.25, -0.2) is 18.6 Å². The van der Waals surface area contributed by atoms with Crippen molar-refractivity contribution in [2.24, 2.45) is 5.10 Å². The first-order valence-electron chi connectivity index (χ1n) is 8.94. The summed E-state index contributed by atoms with van der Waals surface area (Å²) in [5, 5.41) is 9.16. The zero-order valence-electron chi connectivity index (χ0n) is 15.1. The van der Waals surface area contributed by atoms with Crippen LogP contribution in [0.4, 0.5) is 19.3 Å². The molecule has 2 amide bonds. The summed E-state index contributed by atoms with van der Waals surface area (Å²) in [7, 11) is 0. The second-order valence-electron chi connectivity index (χ2n) is 6.61. The van der Waals surface area contributed by atoms with Gasteiger partial charge in [-0.3, -0.25) is 0 Å². The zero-order valence-corrected chi connectivity index (χ0v) is 15.9. The van der Waals surface area contributed by atoms with Crippen molar-refractivity contribution in [3.63, 3.8) is 0 Å². The molecule has 1 aliphatic rings. The second-order valence-corrected chi connectivity index (χ2v) is 7.04. The molecule has 0 aromatic heterocycles. The standard InChI is InChI=1S/C22H16ClF2N3O/c23-16-5-11-19(12-6-16)26-22(29)28-21(15-3-9-18(25)10-4-15)13-20(27-28)14-1-7-17(24)8-2-14/h1-12,21H,13H2,(H,26,29). The molecule has 29 heavy (non-hydrogen) atoms. The Hall–Kier alpha value is -3.25. The fourth-order valence-electron chi connectivity index (χ4n) is 3.17. The van der Waals surface area contributed by atoms with Crippen LogP contribution in [0, 0.1) is 11.6 Å². The van der Waals surface area contributed by atoms with Crippen molar-refractivity contribution in [2.75, 3.05) is 5.32 Å². The molecule has 146 valence electrons. The lowest BCUT2D eigenvalue weighted by atomic mass is 9.98. The third-order valence-electron chi connectivity index (χ3n) is 4.65. The van der Waals surface area contributed by atoms with E-state index in [1.54, 1.807) is 48.5 Å². The summed E-state index contributed by atoms with van der Waals surface area (Å²) in [5.41, 5.74) is 2.69. The number of anilines is 1. The third-order valence-corrected chi connectivity index (χ3v) is 4.90. The molecular weight excluding hydrogens is 396 g/mol. The van der Waals surface area contributed by atoms with Gasteiger partial charge in [-0.2, -0.15) is 5.10 Å². The summed E-state index contributed by atoms with van der Waals surface area (Å²) in [6.45, 7) is 0. The summed E-state index contributed by atoms with van der Waals surface area (Å²) in [4.78, 5) is 12.9. The maximum absolute atomic E-state index is 13.4.